The SMILES string of the molecule is CCCCCc1cc(O)c(C=O)cc1OC. The van der Waals surface area contributed by atoms with Gasteiger partial charge in [-0.05, 0) is 30.5 Å². The maximum absolute atomic E-state index is 10.7. The van der Waals surface area contributed by atoms with Gasteiger partial charge in [-0.1, -0.05) is 19.8 Å². The van der Waals surface area contributed by atoms with Crippen molar-refractivity contribution in [3.05, 3.63) is 23.3 Å². The van der Waals surface area contributed by atoms with E-state index < -0.39 is 0 Å². The van der Waals surface area contributed by atoms with E-state index in [1.807, 2.05) is 0 Å². The number of methoxy groups -OCH3 is 1. The Morgan fingerprint density at radius 3 is 2.69 bits per heavy atom. The first-order valence-corrected chi connectivity index (χ1v) is 5.58. The van der Waals surface area contributed by atoms with Crippen molar-refractivity contribution in [2.24, 2.45) is 0 Å². The molecule has 0 saturated heterocycles. The molecule has 0 saturated carbocycles. The van der Waals surface area contributed by atoms with Gasteiger partial charge in [-0.15, -0.1) is 0 Å². The average molecular weight is 222 g/mol. The highest BCUT2D eigenvalue weighted by molar-refractivity contribution is 5.80. The summed E-state index contributed by atoms with van der Waals surface area (Å²) in [6.07, 6.45) is 4.87. The summed E-state index contributed by atoms with van der Waals surface area (Å²) in [7, 11) is 1.57. The third-order valence-corrected chi connectivity index (χ3v) is 2.61. The molecule has 0 heterocycles. The lowest BCUT2D eigenvalue weighted by Crippen LogP contribution is -1.95. The lowest BCUT2D eigenvalue weighted by molar-refractivity contribution is 0.112. The molecule has 0 aromatic heterocycles. The first-order chi connectivity index (χ1) is 7.72. The lowest BCUT2D eigenvalue weighted by atomic mass is 10.0. The second-order valence-corrected chi connectivity index (χ2v) is 3.80. The number of aldehydes is 1. The fourth-order valence-electron chi connectivity index (χ4n) is 1.67. The number of aromatic hydroxyl groups is 1. The first kappa shape index (κ1) is 12.6. The number of hydrogen-bond acceptors (Lipinski definition) is 3. The molecule has 1 rings (SSSR count). The number of benzene rings is 1. The molecular weight excluding hydrogens is 204 g/mol. The third kappa shape index (κ3) is 2.99. The van der Waals surface area contributed by atoms with E-state index >= 15 is 0 Å². The van der Waals surface area contributed by atoms with Crippen LogP contribution in [-0.4, -0.2) is 18.5 Å². The second-order valence-electron chi connectivity index (χ2n) is 3.80. The van der Waals surface area contributed by atoms with Gasteiger partial charge in [0.15, 0.2) is 6.29 Å². The second kappa shape index (κ2) is 6.16. The zero-order valence-electron chi connectivity index (χ0n) is 9.82. The zero-order chi connectivity index (χ0) is 12.0. The van der Waals surface area contributed by atoms with Gasteiger partial charge in [0.1, 0.15) is 11.5 Å². The van der Waals surface area contributed by atoms with Gasteiger partial charge in [-0.2, -0.15) is 0 Å². The molecule has 0 aliphatic carbocycles. The molecule has 0 radical (unpaired) electrons. The minimum absolute atomic E-state index is 0.0299. The summed E-state index contributed by atoms with van der Waals surface area (Å²) >= 11 is 0. The van der Waals surface area contributed by atoms with Crippen LogP contribution in [0.4, 0.5) is 0 Å². The Balaban J connectivity index is 2.89. The fraction of sp³-hybridized carbons (Fsp3) is 0.462. The zero-order valence-corrected chi connectivity index (χ0v) is 9.82. The molecule has 3 heteroatoms. The van der Waals surface area contributed by atoms with E-state index in [-0.39, 0.29) is 11.3 Å². The molecule has 0 atom stereocenters. The number of phenolic OH excluding ortho intramolecular Hbond substituents is 1. The molecule has 3 nitrogen and oxygen atoms in total. The number of rotatable bonds is 6. The van der Waals surface area contributed by atoms with Crippen LogP contribution in [0.5, 0.6) is 11.5 Å². The fourth-order valence-corrected chi connectivity index (χ4v) is 1.67. The summed E-state index contributed by atoms with van der Waals surface area (Å²) < 4.78 is 5.20. The van der Waals surface area contributed by atoms with Crippen LogP contribution in [-0.2, 0) is 6.42 Å². The summed E-state index contributed by atoms with van der Waals surface area (Å²) in [5.74, 6) is 0.707. The highest BCUT2D eigenvalue weighted by atomic mass is 16.5. The van der Waals surface area contributed by atoms with E-state index in [0.717, 1.165) is 31.2 Å². The molecule has 0 spiro atoms. The third-order valence-electron chi connectivity index (χ3n) is 2.61. The Labute approximate surface area is 96.1 Å². The predicted molar refractivity (Wildman–Crippen MR) is 63.3 cm³/mol. The van der Waals surface area contributed by atoms with Crippen LogP contribution in [0.1, 0.15) is 42.1 Å². The maximum Gasteiger partial charge on any atom is 0.153 e. The summed E-state index contributed by atoms with van der Waals surface area (Å²) in [6.45, 7) is 2.14. The summed E-state index contributed by atoms with van der Waals surface area (Å²) in [4.78, 5) is 10.7. The standard InChI is InChI=1S/C13H18O3/c1-3-4-5-6-10-7-12(15)11(9-14)8-13(10)16-2/h7-9,15H,3-6H2,1-2H3. The molecule has 1 aromatic carbocycles. The number of ether oxygens (including phenoxy) is 1. The molecule has 1 N–H and O–H groups in total. The topological polar surface area (TPSA) is 46.5 Å². The predicted octanol–water partition coefficient (Wildman–Crippen LogP) is 2.95. The molecule has 0 bridgehead atoms. The van der Waals surface area contributed by atoms with E-state index in [1.165, 1.54) is 0 Å². The van der Waals surface area contributed by atoms with Crippen LogP contribution in [0.15, 0.2) is 12.1 Å². The van der Waals surface area contributed by atoms with Crippen LogP contribution in [0, 0.1) is 0 Å². The molecule has 0 amide bonds. The van der Waals surface area contributed by atoms with Crippen molar-refractivity contribution in [1.82, 2.24) is 0 Å². The van der Waals surface area contributed by atoms with Crippen LogP contribution in [0.3, 0.4) is 0 Å². The van der Waals surface area contributed by atoms with Gasteiger partial charge in [0.25, 0.3) is 0 Å². The highest BCUT2D eigenvalue weighted by Crippen LogP contribution is 2.28. The Hall–Kier alpha value is -1.51. The molecule has 0 aliphatic rings. The average Bonchev–Trinajstić information content (AvgIpc) is 2.30. The van der Waals surface area contributed by atoms with Gasteiger partial charge in [0.05, 0.1) is 12.7 Å². The van der Waals surface area contributed by atoms with Crippen molar-refractivity contribution in [2.75, 3.05) is 7.11 Å². The quantitative estimate of drug-likeness (QED) is 0.594. The van der Waals surface area contributed by atoms with Crippen molar-refractivity contribution < 1.29 is 14.6 Å². The lowest BCUT2D eigenvalue weighted by Gasteiger charge is -2.10. The van der Waals surface area contributed by atoms with Crippen molar-refractivity contribution in [3.8, 4) is 11.5 Å². The molecule has 16 heavy (non-hydrogen) atoms. The van der Waals surface area contributed by atoms with Crippen molar-refractivity contribution in [2.45, 2.75) is 32.6 Å². The van der Waals surface area contributed by atoms with Crippen LogP contribution in [0.25, 0.3) is 0 Å². The van der Waals surface area contributed by atoms with E-state index in [2.05, 4.69) is 6.92 Å². The summed E-state index contributed by atoms with van der Waals surface area (Å²) in [5, 5.41) is 9.58. The van der Waals surface area contributed by atoms with Gasteiger partial charge < -0.3 is 9.84 Å². The smallest absolute Gasteiger partial charge is 0.153 e. The largest absolute Gasteiger partial charge is 0.507 e. The number of carbonyl (C=O) groups is 1. The maximum atomic E-state index is 10.7. The van der Waals surface area contributed by atoms with Crippen LogP contribution in [0.2, 0.25) is 0 Å². The number of aryl methyl sites for hydroxylation is 1. The van der Waals surface area contributed by atoms with Gasteiger partial charge in [-0.3, -0.25) is 4.79 Å². The molecule has 0 unspecified atom stereocenters. The van der Waals surface area contributed by atoms with Gasteiger partial charge in [0.2, 0.25) is 0 Å². The minimum Gasteiger partial charge on any atom is -0.507 e. The van der Waals surface area contributed by atoms with E-state index in [9.17, 15) is 9.90 Å². The number of hydrogen-bond donors (Lipinski definition) is 1. The summed E-state index contributed by atoms with van der Waals surface area (Å²) in [6, 6.07) is 3.21. The van der Waals surface area contributed by atoms with Crippen molar-refractivity contribution in [1.29, 1.82) is 0 Å². The molecule has 1 aromatic rings. The summed E-state index contributed by atoms with van der Waals surface area (Å²) in [5.41, 5.74) is 1.23. The Kier molecular flexibility index (Phi) is 4.83. The highest BCUT2D eigenvalue weighted by Gasteiger charge is 2.08. The Morgan fingerprint density at radius 1 is 1.38 bits per heavy atom. The molecular formula is C13H18O3. The van der Waals surface area contributed by atoms with Crippen molar-refractivity contribution >= 4 is 6.29 Å². The minimum atomic E-state index is 0.0299. The molecule has 88 valence electrons. The van der Waals surface area contributed by atoms with Gasteiger partial charge in [0, 0.05) is 0 Å². The van der Waals surface area contributed by atoms with E-state index in [0.29, 0.717) is 12.0 Å². The van der Waals surface area contributed by atoms with Crippen LogP contribution < -0.4 is 4.74 Å². The van der Waals surface area contributed by atoms with Gasteiger partial charge >= 0.3 is 0 Å². The monoisotopic (exact) mass is 222 g/mol. The molecule has 0 aliphatic heterocycles. The normalized spacial score (nSPS) is 10.1. The van der Waals surface area contributed by atoms with Gasteiger partial charge in [-0.25, -0.2) is 0 Å². The first-order valence-electron chi connectivity index (χ1n) is 5.58. The number of phenols is 1. The van der Waals surface area contributed by atoms with E-state index in [4.69, 9.17) is 4.74 Å². The Morgan fingerprint density at radius 2 is 2.12 bits per heavy atom. The van der Waals surface area contributed by atoms with Crippen LogP contribution >= 0.6 is 0 Å². The van der Waals surface area contributed by atoms with E-state index in [1.54, 1.807) is 19.2 Å². The number of carbonyl (C=O) groups excluding carboxylic acids is 1. The molecule has 0 fully saturated rings. The van der Waals surface area contributed by atoms with Crippen molar-refractivity contribution in [3.63, 3.8) is 0 Å². The Bertz CT molecular complexity index is 358. The number of unbranched alkanes of at least 4 members (excludes halogenated alkanes) is 2.